The summed E-state index contributed by atoms with van der Waals surface area (Å²) in [4.78, 5) is 28.1. The number of thiazole rings is 1. The molecule has 5 nitrogen and oxygen atoms in total. The fourth-order valence-electron chi connectivity index (χ4n) is 1.88. The zero-order valence-electron chi connectivity index (χ0n) is 11.7. The summed E-state index contributed by atoms with van der Waals surface area (Å²) in [7, 11) is 0. The minimum Gasteiger partial charge on any atom is -0.462 e. The van der Waals surface area contributed by atoms with Crippen LogP contribution in [0.4, 0.5) is 5.13 Å². The van der Waals surface area contributed by atoms with Crippen LogP contribution in [0.3, 0.4) is 0 Å². The summed E-state index contributed by atoms with van der Waals surface area (Å²) in [5.41, 5.74) is 1.82. The van der Waals surface area contributed by atoms with Gasteiger partial charge in [-0.3, -0.25) is 10.1 Å². The number of ether oxygens (including phenoxy) is 1. The van der Waals surface area contributed by atoms with Crippen LogP contribution in [0.25, 0.3) is 10.2 Å². The van der Waals surface area contributed by atoms with E-state index in [1.54, 1.807) is 36.6 Å². The zero-order valence-corrected chi connectivity index (χ0v) is 13.3. The Morgan fingerprint density at radius 3 is 2.86 bits per heavy atom. The van der Waals surface area contributed by atoms with Crippen molar-refractivity contribution in [2.24, 2.45) is 0 Å². The number of hydrogen-bond donors (Lipinski definition) is 1. The summed E-state index contributed by atoms with van der Waals surface area (Å²) in [6.07, 6.45) is 0. The second kappa shape index (κ2) is 6.25. The van der Waals surface area contributed by atoms with Gasteiger partial charge in [-0.05, 0) is 36.6 Å². The molecule has 2 heterocycles. The minimum absolute atomic E-state index is 0.189. The monoisotopic (exact) mass is 332 g/mol. The molecule has 0 aliphatic heterocycles. The van der Waals surface area contributed by atoms with Crippen molar-refractivity contribution in [2.45, 2.75) is 6.92 Å². The Bertz CT molecular complexity index is 825. The normalized spacial score (nSPS) is 10.6. The third-order valence-corrected chi connectivity index (χ3v) is 4.52. The maximum Gasteiger partial charge on any atom is 0.338 e. The van der Waals surface area contributed by atoms with Gasteiger partial charge in [-0.25, -0.2) is 9.78 Å². The van der Waals surface area contributed by atoms with Crippen LogP contribution in [-0.2, 0) is 4.74 Å². The van der Waals surface area contributed by atoms with E-state index >= 15 is 0 Å². The number of fused-ring (bicyclic) bond motifs is 1. The Morgan fingerprint density at radius 2 is 2.14 bits per heavy atom. The van der Waals surface area contributed by atoms with E-state index in [-0.39, 0.29) is 11.9 Å². The highest BCUT2D eigenvalue weighted by molar-refractivity contribution is 7.22. The standard InChI is InChI=1S/C15H12N2O3S2/c1-2-20-14(19)9-3-4-11-12(7-9)22-15(16-11)17-13(18)10-5-6-21-8-10/h3-8H,2H2,1H3,(H,16,17,18). The molecule has 0 unspecified atom stereocenters. The van der Waals surface area contributed by atoms with Gasteiger partial charge in [-0.2, -0.15) is 11.3 Å². The molecule has 0 aliphatic carbocycles. The van der Waals surface area contributed by atoms with Gasteiger partial charge in [0.15, 0.2) is 5.13 Å². The number of rotatable bonds is 4. The highest BCUT2D eigenvalue weighted by atomic mass is 32.1. The Morgan fingerprint density at radius 1 is 1.27 bits per heavy atom. The fourth-order valence-corrected chi connectivity index (χ4v) is 3.42. The Balaban J connectivity index is 1.83. The maximum absolute atomic E-state index is 12.0. The van der Waals surface area contributed by atoms with Crippen molar-refractivity contribution in [1.29, 1.82) is 0 Å². The second-order valence-electron chi connectivity index (χ2n) is 4.39. The van der Waals surface area contributed by atoms with Crippen LogP contribution in [-0.4, -0.2) is 23.5 Å². The molecule has 0 atom stereocenters. The van der Waals surface area contributed by atoms with Gasteiger partial charge in [0.2, 0.25) is 0 Å². The molecule has 112 valence electrons. The van der Waals surface area contributed by atoms with Crippen molar-refractivity contribution in [3.63, 3.8) is 0 Å². The molecular formula is C15H12N2O3S2. The molecule has 7 heteroatoms. The number of thiophene rings is 1. The average Bonchev–Trinajstić information content (AvgIpc) is 3.15. The van der Waals surface area contributed by atoms with E-state index in [9.17, 15) is 9.59 Å². The van der Waals surface area contributed by atoms with Crippen molar-refractivity contribution < 1.29 is 14.3 Å². The SMILES string of the molecule is CCOC(=O)c1ccc2nc(NC(=O)c3ccsc3)sc2c1. The smallest absolute Gasteiger partial charge is 0.338 e. The van der Waals surface area contributed by atoms with E-state index in [1.165, 1.54) is 22.7 Å². The second-order valence-corrected chi connectivity index (χ2v) is 6.20. The molecule has 0 saturated heterocycles. The van der Waals surface area contributed by atoms with Crippen LogP contribution in [0.5, 0.6) is 0 Å². The van der Waals surface area contributed by atoms with E-state index in [1.807, 2.05) is 5.38 Å². The summed E-state index contributed by atoms with van der Waals surface area (Å²) in [6, 6.07) is 6.90. The molecule has 0 bridgehead atoms. The molecule has 0 radical (unpaired) electrons. The van der Waals surface area contributed by atoms with Gasteiger partial charge in [-0.15, -0.1) is 0 Å². The number of nitrogens with one attached hydrogen (secondary N) is 1. The molecule has 1 amide bonds. The number of amides is 1. The lowest BCUT2D eigenvalue weighted by Crippen LogP contribution is -2.10. The van der Waals surface area contributed by atoms with Crippen molar-refractivity contribution in [3.05, 3.63) is 46.2 Å². The molecule has 2 aromatic heterocycles. The number of hydrogen-bond acceptors (Lipinski definition) is 6. The molecule has 1 aromatic carbocycles. The van der Waals surface area contributed by atoms with Crippen LogP contribution in [0.1, 0.15) is 27.6 Å². The predicted octanol–water partition coefficient (Wildman–Crippen LogP) is 3.79. The number of aromatic nitrogens is 1. The van der Waals surface area contributed by atoms with E-state index in [0.717, 1.165) is 10.2 Å². The largest absolute Gasteiger partial charge is 0.462 e. The Kier molecular flexibility index (Phi) is 4.17. The van der Waals surface area contributed by atoms with Gasteiger partial charge < -0.3 is 4.74 Å². The number of anilines is 1. The van der Waals surface area contributed by atoms with E-state index < -0.39 is 0 Å². The maximum atomic E-state index is 12.0. The van der Waals surface area contributed by atoms with Crippen molar-refractivity contribution in [1.82, 2.24) is 4.98 Å². The minimum atomic E-state index is -0.360. The summed E-state index contributed by atoms with van der Waals surface area (Å²) < 4.78 is 5.80. The summed E-state index contributed by atoms with van der Waals surface area (Å²) >= 11 is 2.79. The summed E-state index contributed by atoms with van der Waals surface area (Å²) in [5, 5.41) is 6.90. The van der Waals surface area contributed by atoms with Gasteiger partial charge in [0.1, 0.15) is 0 Å². The van der Waals surface area contributed by atoms with Crippen LogP contribution in [0.15, 0.2) is 35.0 Å². The van der Waals surface area contributed by atoms with Crippen LogP contribution < -0.4 is 5.32 Å². The number of benzene rings is 1. The lowest BCUT2D eigenvalue weighted by molar-refractivity contribution is 0.0526. The van der Waals surface area contributed by atoms with Gasteiger partial charge in [0.25, 0.3) is 5.91 Å². The van der Waals surface area contributed by atoms with Gasteiger partial charge in [0, 0.05) is 5.38 Å². The highest BCUT2D eigenvalue weighted by Gasteiger charge is 2.12. The highest BCUT2D eigenvalue weighted by Crippen LogP contribution is 2.27. The zero-order chi connectivity index (χ0) is 15.5. The topological polar surface area (TPSA) is 68.3 Å². The number of esters is 1. The number of carbonyl (C=O) groups is 2. The third-order valence-electron chi connectivity index (χ3n) is 2.90. The number of carbonyl (C=O) groups excluding carboxylic acids is 2. The molecular weight excluding hydrogens is 320 g/mol. The number of nitrogens with zero attached hydrogens (tertiary/aromatic N) is 1. The molecule has 1 N–H and O–H groups in total. The first-order valence-corrected chi connectivity index (χ1v) is 8.34. The lowest BCUT2D eigenvalue weighted by atomic mass is 10.2. The third kappa shape index (κ3) is 3.00. The van der Waals surface area contributed by atoms with Crippen LogP contribution in [0, 0.1) is 0 Å². The van der Waals surface area contributed by atoms with Crippen molar-refractivity contribution in [3.8, 4) is 0 Å². The molecule has 0 saturated carbocycles. The first-order chi connectivity index (χ1) is 10.7. The Labute approximate surface area is 134 Å². The van der Waals surface area contributed by atoms with E-state index in [4.69, 9.17) is 4.74 Å². The molecule has 3 aromatic rings. The summed E-state index contributed by atoms with van der Waals surface area (Å²) in [5.74, 6) is -0.549. The molecule has 22 heavy (non-hydrogen) atoms. The summed E-state index contributed by atoms with van der Waals surface area (Å²) in [6.45, 7) is 2.10. The van der Waals surface area contributed by atoms with Gasteiger partial charge >= 0.3 is 5.97 Å². The van der Waals surface area contributed by atoms with Gasteiger partial charge in [0.05, 0.1) is 28.0 Å². The van der Waals surface area contributed by atoms with Crippen molar-refractivity contribution >= 4 is 49.9 Å². The van der Waals surface area contributed by atoms with E-state index in [2.05, 4.69) is 10.3 Å². The molecule has 3 rings (SSSR count). The Hall–Kier alpha value is -2.25. The fraction of sp³-hybridized carbons (Fsp3) is 0.133. The quantitative estimate of drug-likeness (QED) is 0.738. The van der Waals surface area contributed by atoms with E-state index in [0.29, 0.717) is 22.9 Å². The predicted molar refractivity (Wildman–Crippen MR) is 87.8 cm³/mol. The van der Waals surface area contributed by atoms with Crippen molar-refractivity contribution in [2.75, 3.05) is 11.9 Å². The lowest BCUT2D eigenvalue weighted by Gasteiger charge is -2.00. The first-order valence-electron chi connectivity index (χ1n) is 6.58. The average molecular weight is 332 g/mol. The molecule has 0 aliphatic rings. The first kappa shape index (κ1) is 14.7. The van der Waals surface area contributed by atoms with Gasteiger partial charge in [-0.1, -0.05) is 11.3 Å². The molecule has 0 spiro atoms. The molecule has 0 fully saturated rings. The van der Waals surface area contributed by atoms with Crippen LogP contribution in [0.2, 0.25) is 0 Å². The van der Waals surface area contributed by atoms with Crippen LogP contribution >= 0.6 is 22.7 Å².